The van der Waals surface area contributed by atoms with Crippen molar-refractivity contribution in [1.82, 2.24) is 4.90 Å². The maximum atomic E-state index is 14.9. The molecule has 2 aliphatic rings. The van der Waals surface area contributed by atoms with E-state index in [1.165, 1.54) is 0 Å². The van der Waals surface area contributed by atoms with Gasteiger partial charge in [0.1, 0.15) is 11.4 Å². The van der Waals surface area contributed by atoms with Gasteiger partial charge in [0, 0.05) is 29.7 Å². The van der Waals surface area contributed by atoms with E-state index in [9.17, 15) is 9.18 Å². The number of nitrogens with zero attached hydrogens (tertiary/aromatic N) is 1. The Bertz CT molecular complexity index is 1020. The number of piperidine rings is 1. The molecule has 1 saturated carbocycles. The fourth-order valence-corrected chi connectivity index (χ4v) is 4.99. The summed E-state index contributed by atoms with van der Waals surface area (Å²) < 4.78 is 26.4. The molecule has 0 radical (unpaired) electrons. The fraction of sp³-hybridized carbons (Fsp3) is 0.519. The van der Waals surface area contributed by atoms with Crippen LogP contribution >= 0.6 is 23.2 Å². The van der Waals surface area contributed by atoms with Crippen LogP contribution in [-0.4, -0.2) is 35.7 Å². The number of esters is 1. The number of benzene rings is 2. The highest BCUT2D eigenvalue weighted by Gasteiger charge is 2.31. The smallest absolute Gasteiger partial charge is 0.341 e. The van der Waals surface area contributed by atoms with Crippen LogP contribution < -0.4 is 0 Å². The van der Waals surface area contributed by atoms with E-state index in [1.54, 1.807) is 39.0 Å². The van der Waals surface area contributed by atoms with E-state index in [0.29, 0.717) is 29.1 Å². The molecular formula is C27H32Cl2FNO3. The van der Waals surface area contributed by atoms with Gasteiger partial charge in [-0.3, -0.25) is 4.90 Å². The lowest BCUT2D eigenvalue weighted by molar-refractivity contribution is -0.00403. The first-order valence-electron chi connectivity index (χ1n) is 11.9. The number of carbonyl (C=O) groups is 1. The van der Waals surface area contributed by atoms with Gasteiger partial charge in [-0.15, -0.1) is 0 Å². The second kappa shape index (κ2) is 10.5. The van der Waals surface area contributed by atoms with E-state index in [1.807, 2.05) is 12.1 Å². The predicted octanol–water partition coefficient (Wildman–Crippen LogP) is 7.15. The zero-order valence-corrected chi connectivity index (χ0v) is 21.5. The van der Waals surface area contributed by atoms with Crippen LogP contribution in [0.2, 0.25) is 10.0 Å². The summed E-state index contributed by atoms with van der Waals surface area (Å²) >= 11 is 12.1. The van der Waals surface area contributed by atoms with Crippen LogP contribution in [0.25, 0.3) is 0 Å². The molecule has 1 aliphatic heterocycles. The monoisotopic (exact) mass is 507 g/mol. The van der Waals surface area contributed by atoms with Crippen LogP contribution in [-0.2, 0) is 22.6 Å². The third-order valence-corrected chi connectivity index (χ3v) is 6.64. The summed E-state index contributed by atoms with van der Waals surface area (Å²) in [6.45, 7) is 8.27. The Balaban J connectivity index is 1.36. The van der Waals surface area contributed by atoms with Crippen LogP contribution in [0, 0.1) is 5.82 Å². The Kier molecular flexibility index (Phi) is 7.88. The summed E-state index contributed by atoms with van der Waals surface area (Å²) in [7, 11) is 0. The van der Waals surface area contributed by atoms with Gasteiger partial charge in [0.05, 0.1) is 18.3 Å². The minimum absolute atomic E-state index is 0.0359. The highest BCUT2D eigenvalue weighted by atomic mass is 35.5. The molecule has 0 bridgehead atoms. The summed E-state index contributed by atoms with van der Waals surface area (Å²) in [4.78, 5) is 14.9. The summed E-state index contributed by atoms with van der Waals surface area (Å²) in [5, 5.41) is 1.22. The largest absolute Gasteiger partial charge is 0.456 e. The van der Waals surface area contributed by atoms with Gasteiger partial charge in [-0.05, 0) is 99.4 Å². The molecule has 2 aromatic carbocycles. The SMILES string of the molecule is CC(C)(C)OC(=O)c1cc(C2CC2)c(CN2CCC(OCc3cc(Cl)cc(Cl)c3)CC2)cc1F. The maximum Gasteiger partial charge on any atom is 0.341 e. The quantitative estimate of drug-likeness (QED) is 0.373. The first-order chi connectivity index (χ1) is 16.1. The van der Waals surface area contributed by atoms with Gasteiger partial charge in [-0.2, -0.15) is 0 Å². The number of rotatable bonds is 7. The van der Waals surface area contributed by atoms with Gasteiger partial charge >= 0.3 is 5.97 Å². The van der Waals surface area contributed by atoms with E-state index in [4.69, 9.17) is 32.7 Å². The van der Waals surface area contributed by atoms with Crippen LogP contribution in [0.4, 0.5) is 4.39 Å². The standard InChI is InChI=1S/C27H32Cl2FNO3/c1-27(2,3)34-26(32)24-14-23(18-4-5-18)19(12-25(24)30)15-31-8-6-22(7-9-31)33-16-17-10-20(28)13-21(29)11-17/h10-14,18,22H,4-9,15-16H2,1-3H3. The molecule has 34 heavy (non-hydrogen) atoms. The molecule has 1 aliphatic carbocycles. The minimum atomic E-state index is -0.659. The second-order valence-corrected chi connectivity index (χ2v) is 11.2. The van der Waals surface area contributed by atoms with Gasteiger partial charge in [-0.25, -0.2) is 9.18 Å². The van der Waals surface area contributed by atoms with E-state index >= 15 is 0 Å². The Hall–Kier alpha value is -1.66. The Morgan fingerprint density at radius 3 is 2.26 bits per heavy atom. The number of hydrogen-bond acceptors (Lipinski definition) is 4. The summed E-state index contributed by atoms with van der Waals surface area (Å²) in [5.74, 6) is -0.702. The molecule has 184 valence electrons. The van der Waals surface area contributed by atoms with Gasteiger partial charge in [-0.1, -0.05) is 23.2 Å². The average molecular weight is 508 g/mol. The molecule has 4 nitrogen and oxygen atoms in total. The first-order valence-corrected chi connectivity index (χ1v) is 12.7. The average Bonchev–Trinajstić information content (AvgIpc) is 3.56. The molecule has 4 rings (SSSR count). The van der Waals surface area contributed by atoms with Crippen molar-refractivity contribution in [2.75, 3.05) is 13.1 Å². The Labute approximate surface area is 211 Å². The van der Waals surface area contributed by atoms with E-state index in [2.05, 4.69) is 4.90 Å². The summed E-state index contributed by atoms with van der Waals surface area (Å²) in [6.07, 6.45) is 4.14. The number of likely N-dealkylation sites (tertiary alicyclic amines) is 1. The molecule has 0 atom stereocenters. The molecule has 0 aromatic heterocycles. The van der Waals surface area contributed by atoms with Crippen molar-refractivity contribution < 1.29 is 18.7 Å². The van der Waals surface area contributed by atoms with Crippen LogP contribution in [0.5, 0.6) is 0 Å². The molecule has 0 spiro atoms. The minimum Gasteiger partial charge on any atom is -0.456 e. The molecule has 1 heterocycles. The Morgan fingerprint density at radius 2 is 1.68 bits per heavy atom. The lowest BCUT2D eigenvalue weighted by atomic mass is 9.97. The highest BCUT2D eigenvalue weighted by molar-refractivity contribution is 6.34. The van der Waals surface area contributed by atoms with Gasteiger partial charge in [0.15, 0.2) is 0 Å². The fourth-order valence-electron chi connectivity index (χ4n) is 4.42. The number of carbonyl (C=O) groups excluding carboxylic acids is 1. The highest BCUT2D eigenvalue weighted by Crippen LogP contribution is 2.43. The number of halogens is 3. The van der Waals surface area contributed by atoms with E-state index < -0.39 is 17.4 Å². The lowest BCUT2D eigenvalue weighted by Crippen LogP contribution is -2.36. The molecule has 0 N–H and O–H groups in total. The second-order valence-electron chi connectivity index (χ2n) is 10.4. The third kappa shape index (κ3) is 6.94. The van der Waals surface area contributed by atoms with Crippen molar-refractivity contribution in [1.29, 1.82) is 0 Å². The van der Waals surface area contributed by atoms with Gasteiger partial charge < -0.3 is 9.47 Å². The van der Waals surface area contributed by atoms with E-state index in [0.717, 1.165) is 55.5 Å². The maximum absolute atomic E-state index is 14.9. The van der Waals surface area contributed by atoms with Crippen LogP contribution in [0.3, 0.4) is 0 Å². The molecular weight excluding hydrogens is 476 g/mol. The van der Waals surface area contributed by atoms with Crippen molar-refractivity contribution >= 4 is 29.2 Å². The number of hydrogen-bond donors (Lipinski definition) is 0. The molecule has 2 aromatic rings. The summed E-state index contributed by atoms with van der Waals surface area (Å²) in [5.41, 5.74) is 2.40. The van der Waals surface area contributed by atoms with Crippen molar-refractivity contribution in [2.24, 2.45) is 0 Å². The zero-order valence-electron chi connectivity index (χ0n) is 20.0. The number of ether oxygens (including phenoxy) is 2. The Morgan fingerprint density at radius 1 is 1.03 bits per heavy atom. The normalized spacial score (nSPS) is 17.7. The third-order valence-electron chi connectivity index (χ3n) is 6.20. The molecule has 0 unspecified atom stereocenters. The topological polar surface area (TPSA) is 38.8 Å². The molecule has 1 saturated heterocycles. The van der Waals surface area contributed by atoms with Crippen LogP contribution in [0.1, 0.15) is 79.4 Å². The molecule has 2 fully saturated rings. The predicted molar refractivity (Wildman–Crippen MR) is 133 cm³/mol. The van der Waals surface area contributed by atoms with Crippen molar-refractivity contribution in [2.45, 2.75) is 77.2 Å². The zero-order chi connectivity index (χ0) is 24.5. The first kappa shape index (κ1) is 25.4. The lowest BCUT2D eigenvalue weighted by Gasteiger charge is -2.32. The van der Waals surface area contributed by atoms with Crippen LogP contribution in [0.15, 0.2) is 30.3 Å². The summed E-state index contributed by atoms with van der Waals surface area (Å²) in [6, 6.07) is 8.72. The van der Waals surface area contributed by atoms with E-state index in [-0.39, 0.29) is 11.7 Å². The molecule has 7 heteroatoms. The van der Waals surface area contributed by atoms with Gasteiger partial charge in [0.2, 0.25) is 0 Å². The molecule has 0 amide bonds. The van der Waals surface area contributed by atoms with Crippen molar-refractivity contribution in [3.05, 3.63) is 68.4 Å². The van der Waals surface area contributed by atoms with Crippen molar-refractivity contribution in [3.63, 3.8) is 0 Å². The van der Waals surface area contributed by atoms with Crippen molar-refractivity contribution in [3.8, 4) is 0 Å². The van der Waals surface area contributed by atoms with Gasteiger partial charge in [0.25, 0.3) is 0 Å².